The summed E-state index contributed by atoms with van der Waals surface area (Å²) in [4.78, 5) is 6.47. The van der Waals surface area contributed by atoms with Gasteiger partial charge in [-0.05, 0) is 18.3 Å². The fourth-order valence-corrected chi connectivity index (χ4v) is 0.439. The Morgan fingerprint density at radius 3 is 2.62 bits per heavy atom. The first-order valence-corrected chi connectivity index (χ1v) is 2.30. The second-order valence-electron chi connectivity index (χ2n) is 1.09. The van der Waals surface area contributed by atoms with Crippen LogP contribution in [-0.2, 0) is 0 Å². The van der Waals surface area contributed by atoms with Crippen LogP contribution in [0.1, 0.15) is 0 Å². The molecule has 0 aliphatic carbocycles. The molecule has 1 aromatic rings. The molecule has 0 saturated carbocycles. The number of nitrogens with one attached hydrogen (secondary N) is 1. The highest BCUT2D eigenvalue weighted by Gasteiger charge is 1.66. The van der Waals surface area contributed by atoms with E-state index >= 15 is 0 Å². The van der Waals surface area contributed by atoms with Crippen LogP contribution in [0.3, 0.4) is 0 Å². The van der Waals surface area contributed by atoms with Crippen molar-refractivity contribution in [3.05, 3.63) is 23.2 Å². The van der Waals surface area contributed by atoms with E-state index in [2.05, 4.69) is 22.2 Å². The van der Waals surface area contributed by atoms with Gasteiger partial charge in [-0.25, -0.2) is 4.98 Å². The molecule has 44 valence electrons. The molecule has 3 N–H and O–H groups in total. The largest absolute Gasteiger partial charge is 0.412 e. The lowest BCUT2D eigenvalue weighted by atomic mass is 10.7. The summed E-state index contributed by atoms with van der Waals surface area (Å²) in [5.74, 6) is 0. The first-order chi connectivity index (χ1) is 3.39. The zero-order valence-electron chi connectivity index (χ0n) is 4.09. The van der Waals surface area contributed by atoms with Gasteiger partial charge in [0.05, 0.1) is 0 Å². The maximum Gasteiger partial charge on any atom is 0.196 e. The normalized spacial score (nSPS) is 7.50. The minimum atomic E-state index is 0. The molecule has 0 aliphatic heterocycles. The second kappa shape index (κ2) is 3.29. The fourth-order valence-electron chi connectivity index (χ4n) is 0.310. The number of H-pyrrole nitrogens is 1. The third-order valence-electron chi connectivity index (χ3n) is 0.581. The third-order valence-corrected chi connectivity index (χ3v) is 0.804. The second-order valence-corrected chi connectivity index (χ2v) is 1.47. The van der Waals surface area contributed by atoms with E-state index in [-0.39, 0.29) is 5.48 Å². The third kappa shape index (κ3) is 1.81. The van der Waals surface area contributed by atoms with E-state index in [1.54, 1.807) is 18.5 Å². The van der Waals surface area contributed by atoms with Crippen molar-refractivity contribution in [2.75, 3.05) is 0 Å². The summed E-state index contributed by atoms with van der Waals surface area (Å²) in [6.45, 7) is 0. The zero-order valence-corrected chi connectivity index (χ0v) is 4.90. The number of hydrogen-bond donors (Lipinski definition) is 1. The molecule has 0 fully saturated rings. The lowest BCUT2D eigenvalue weighted by Gasteiger charge is -1.75. The molecule has 0 radical (unpaired) electrons. The summed E-state index contributed by atoms with van der Waals surface area (Å²) < 4.78 is 0.530. The van der Waals surface area contributed by atoms with E-state index in [0.29, 0.717) is 4.77 Å². The summed E-state index contributed by atoms with van der Waals surface area (Å²) >= 11 is 4.65. The molecule has 0 bridgehead atoms. The van der Waals surface area contributed by atoms with E-state index in [0.717, 1.165) is 0 Å². The van der Waals surface area contributed by atoms with Crippen molar-refractivity contribution < 1.29 is 5.48 Å². The molecule has 8 heavy (non-hydrogen) atoms. The van der Waals surface area contributed by atoms with Crippen molar-refractivity contribution in [1.29, 1.82) is 0 Å². The number of rotatable bonds is 0. The van der Waals surface area contributed by atoms with Gasteiger partial charge >= 0.3 is 0 Å². The molecule has 1 heterocycles. The van der Waals surface area contributed by atoms with Gasteiger partial charge in [0.2, 0.25) is 0 Å². The summed E-state index contributed by atoms with van der Waals surface area (Å²) in [7, 11) is 0. The van der Waals surface area contributed by atoms with Crippen LogP contribution < -0.4 is 0 Å². The molecule has 0 atom stereocenters. The molecular formula is C4H6N2OS. The summed E-state index contributed by atoms with van der Waals surface area (Å²) in [6, 6.07) is 1.79. The monoisotopic (exact) mass is 130 g/mol. The number of aromatic amines is 1. The van der Waals surface area contributed by atoms with Gasteiger partial charge in [0.1, 0.15) is 0 Å². The average Bonchev–Trinajstić information content (AvgIpc) is 1.69. The van der Waals surface area contributed by atoms with Gasteiger partial charge in [-0.2, -0.15) is 0 Å². The maximum atomic E-state index is 4.65. The predicted molar refractivity (Wildman–Crippen MR) is 33.0 cm³/mol. The van der Waals surface area contributed by atoms with Gasteiger partial charge in [0, 0.05) is 12.4 Å². The molecule has 0 unspecified atom stereocenters. The van der Waals surface area contributed by atoms with E-state index in [1.807, 2.05) is 0 Å². The predicted octanol–water partition coefficient (Wildman–Crippen LogP) is 0.314. The quantitative estimate of drug-likeness (QED) is 0.514. The van der Waals surface area contributed by atoms with Crippen LogP contribution in [0, 0.1) is 4.77 Å². The van der Waals surface area contributed by atoms with E-state index in [1.165, 1.54) is 0 Å². The van der Waals surface area contributed by atoms with Gasteiger partial charge in [0.25, 0.3) is 0 Å². The van der Waals surface area contributed by atoms with Gasteiger partial charge in [0.15, 0.2) is 4.77 Å². The summed E-state index contributed by atoms with van der Waals surface area (Å²) in [5.41, 5.74) is 0. The van der Waals surface area contributed by atoms with Crippen LogP contribution in [0.15, 0.2) is 18.5 Å². The molecule has 1 rings (SSSR count). The van der Waals surface area contributed by atoms with E-state index in [4.69, 9.17) is 0 Å². The first kappa shape index (κ1) is 7.26. The van der Waals surface area contributed by atoms with E-state index < -0.39 is 0 Å². The molecule has 0 spiro atoms. The summed E-state index contributed by atoms with van der Waals surface area (Å²) in [6.07, 6.45) is 3.40. The van der Waals surface area contributed by atoms with Crippen molar-refractivity contribution in [3.8, 4) is 0 Å². The molecule has 0 aliphatic rings. The maximum absolute atomic E-state index is 4.65. The number of nitrogens with zero attached hydrogens (tertiary/aromatic N) is 1. The fraction of sp³-hybridized carbons (Fsp3) is 0. The molecule has 0 aromatic carbocycles. The topological polar surface area (TPSA) is 60.2 Å². The Bertz CT molecular complexity index is 180. The highest BCUT2D eigenvalue weighted by atomic mass is 32.1. The van der Waals surface area contributed by atoms with Crippen LogP contribution in [0.5, 0.6) is 0 Å². The Morgan fingerprint density at radius 1 is 1.62 bits per heavy atom. The van der Waals surface area contributed by atoms with Crippen molar-refractivity contribution >= 4 is 12.2 Å². The van der Waals surface area contributed by atoms with E-state index in [9.17, 15) is 0 Å². The molecule has 4 heteroatoms. The molecule has 0 amide bonds. The van der Waals surface area contributed by atoms with Crippen LogP contribution in [0.4, 0.5) is 0 Å². The standard InChI is InChI=1S/C4H4N2S.H2O/c7-4-5-2-1-3-6-4;/h1-3H,(H,5,6,7);1H2. The number of hydrogen-bond acceptors (Lipinski definition) is 2. The SMILES string of the molecule is O.S=c1nccc[nH]1. The van der Waals surface area contributed by atoms with Crippen molar-refractivity contribution in [2.24, 2.45) is 0 Å². The highest BCUT2D eigenvalue weighted by molar-refractivity contribution is 7.71. The van der Waals surface area contributed by atoms with Crippen LogP contribution >= 0.6 is 12.2 Å². The Hall–Kier alpha value is -0.740. The Morgan fingerprint density at radius 2 is 2.38 bits per heavy atom. The Labute approximate surface area is 51.7 Å². The van der Waals surface area contributed by atoms with Crippen molar-refractivity contribution in [1.82, 2.24) is 9.97 Å². The van der Waals surface area contributed by atoms with Crippen LogP contribution in [-0.4, -0.2) is 15.4 Å². The molecule has 1 aromatic heterocycles. The Kier molecular flexibility index (Phi) is 2.98. The molecule has 0 saturated heterocycles. The van der Waals surface area contributed by atoms with Gasteiger partial charge in [-0.3, -0.25) is 0 Å². The van der Waals surface area contributed by atoms with Crippen LogP contribution in [0.25, 0.3) is 0 Å². The minimum absolute atomic E-state index is 0. The van der Waals surface area contributed by atoms with Crippen molar-refractivity contribution in [3.63, 3.8) is 0 Å². The van der Waals surface area contributed by atoms with Gasteiger partial charge < -0.3 is 10.5 Å². The van der Waals surface area contributed by atoms with Crippen LogP contribution in [0.2, 0.25) is 0 Å². The minimum Gasteiger partial charge on any atom is -0.412 e. The molecular weight excluding hydrogens is 124 g/mol. The molecule has 3 nitrogen and oxygen atoms in total. The van der Waals surface area contributed by atoms with Crippen molar-refractivity contribution in [2.45, 2.75) is 0 Å². The smallest absolute Gasteiger partial charge is 0.196 e. The first-order valence-electron chi connectivity index (χ1n) is 1.89. The summed E-state index contributed by atoms with van der Waals surface area (Å²) in [5, 5.41) is 0. The van der Waals surface area contributed by atoms with Gasteiger partial charge in [-0.15, -0.1) is 0 Å². The average molecular weight is 130 g/mol. The Balaban J connectivity index is 0.000000490. The highest BCUT2D eigenvalue weighted by Crippen LogP contribution is 1.73. The lowest BCUT2D eigenvalue weighted by molar-refractivity contribution is 0.824. The number of aromatic nitrogens is 2. The lowest BCUT2D eigenvalue weighted by Crippen LogP contribution is -1.72. The van der Waals surface area contributed by atoms with Gasteiger partial charge in [-0.1, -0.05) is 0 Å². The zero-order chi connectivity index (χ0) is 5.11.